The number of nitrogens with one attached hydrogen (secondary N) is 1. The Bertz CT molecular complexity index is 428. The molecule has 4 nitrogen and oxygen atoms in total. The lowest BCUT2D eigenvalue weighted by atomic mass is 10.1. The topological polar surface area (TPSA) is 58.4 Å². The first-order valence-corrected chi connectivity index (χ1v) is 6.93. The van der Waals surface area contributed by atoms with Crippen LogP contribution in [0.25, 0.3) is 0 Å². The van der Waals surface area contributed by atoms with Crippen LogP contribution in [-0.2, 0) is 4.79 Å². The molecule has 1 aliphatic rings. The van der Waals surface area contributed by atoms with Gasteiger partial charge in [-0.1, -0.05) is 30.3 Å². The molecule has 1 saturated heterocycles. The van der Waals surface area contributed by atoms with Crippen LogP contribution in [0.2, 0.25) is 0 Å². The van der Waals surface area contributed by atoms with Crippen molar-refractivity contribution in [3.05, 3.63) is 35.9 Å². The van der Waals surface area contributed by atoms with Crippen molar-refractivity contribution < 1.29 is 4.79 Å². The molecule has 3 atom stereocenters. The number of hydrogen-bond acceptors (Lipinski definition) is 3. The van der Waals surface area contributed by atoms with Gasteiger partial charge in [-0.05, 0) is 25.8 Å². The molecule has 2 rings (SSSR count). The molecule has 1 amide bonds. The lowest BCUT2D eigenvalue weighted by molar-refractivity contribution is -0.122. The Morgan fingerprint density at radius 3 is 2.48 bits per heavy atom. The molecule has 6 heteroatoms. The van der Waals surface area contributed by atoms with Crippen molar-refractivity contribution >= 4 is 30.7 Å². The number of halogens is 2. The van der Waals surface area contributed by atoms with E-state index >= 15 is 0 Å². The third kappa shape index (κ3) is 5.47. The molecule has 2 unspecified atom stereocenters. The van der Waals surface area contributed by atoms with Crippen LogP contribution < -0.4 is 11.1 Å². The van der Waals surface area contributed by atoms with E-state index in [0.29, 0.717) is 6.04 Å². The second-order valence-electron chi connectivity index (χ2n) is 5.36. The van der Waals surface area contributed by atoms with Gasteiger partial charge in [-0.2, -0.15) is 0 Å². The van der Waals surface area contributed by atoms with Crippen LogP contribution in [-0.4, -0.2) is 36.0 Å². The summed E-state index contributed by atoms with van der Waals surface area (Å²) < 4.78 is 0. The molecule has 0 bridgehead atoms. The molecular formula is C15H25Cl2N3O. The maximum Gasteiger partial charge on any atom is 0.236 e. The fraction of sp³-hybridized carbons (Fsp3) is 0.533. The molecule has 1 aliphatic heterocycles. The minimum Gasteiger partial charge on any atom is -0.351 e. The number of benzene rings is 1. The van der Waals surface area contributed by atoms with Gasteiger partial charge in [0.2, 0.25) is 5.91 Å². The number of nitrogens with two attached hydrogens (primary N) is 1. The minimum absolute atomic E-state index is 0. The molecule has 0 aromatic heterocycles. The van der Waals surface area contributed by atoms with Crippen LogP contribution in [0.1, 0.15) is 31.9 Å². The molecule has 1 aromatic carbocycles. The lowest BCUT2D eigenvalue weighted by Crippen LogP contribution is -2.45. The summed E-state index contributed by atoms with van der Waals surface area (Å²) >= 11 is 0. The van der Waals surface area contributed by atoms with Gasteiger partial charge in [-0.3, -0.25) is 9.69 Å². The predicted octanol–water partition coefficient (Wildman–Crippen LogP) is 2.13. The summed E-state index contributed by atoms with van der Waals surface area (Å²) in [5, 5.41) is 3.01. The van der Waals surface area contributed by atoms with Crippen LogP contribution in [0.15, 0.2) is 30.3 Å². The molecule has 0 aliphatic carbocycles. The van der Waals surface area contributed by atoms with E-state index in [9.17, 15) is 4.79 Å². The second-order valence-corrected chi connectivity index (χ2v) is 5.36. The number of amides is 1. The van der Waals surface area contributed by atoms with E-state index in [-0.39, 0.29) is 36.8 Å². The van der Waals surface area contributed by atoms with Gasteiger partial charge in [0, 0.05) is 25.2 Å². The van der Waals surface area contributed by atoms with Gasteiger partial charge < -0.3 is 11.1 Å². The van der Waals surface area contributed by atoms with Crippen molar-refractivity contribution in [3.63, 3.8) is 0 Å². The van der Waals surface area contributed by atoms with Gasteiger partial charge in [0.15, 0.2) is 0 Å². The highest BCUT2D eigenvalue weighted by Gasteiger charge is 2.28. The van der Waals surface area contributed by atoms with Gasteiger partial charge in [0.05, 0.1) is 6.04 Å². The van der Waals surface area contributed by atoms with Gasteiger partial charge in [0.25, 0.3) is 0 Å². The summed E-state index contributed by atoms with van der Waals surface area (Å²) in [6.07, 6.45) is 0.996. The van der Waals surface area contributed by atoms with E-state index in [2.05, 4.69) is 41.4 Å². The van der Waals surface area contributed by atoms with Gasteiger partial charge in [-0.25, -0.2) is 0 Å². The summed E-state index contributed by atoms with van der Waals surface area (Å²) in [4.78, 5) is 14.0. The summed E-state index contributed by atoms with van der Waals surface area (Å²) in [5.74, 6) is -0.0563. The van der Waals surface area contributed by atoms with Gasteiger partial charge in [0.1, 0.15) is 0 Å². The molecule has 3 N–H and O–H groups in total. The first-order chi connectivity index (χ1) is 9.08. The van der Waals surface area contributed by atoms with Crippen molar-refractivity contribution in [2.24, 2.45) is 5.73 Å². The Balaban J connectivity index is 0.00000200. The van der Waals surface area contributed by atoms with Crippen molar-refractivity contribution in [3.8, 4) is 0 Å². The molecule has 0 spiro atoms. The zero-order chi connectivity index (χ0) is 13.8. The molecule has 0 radical (unpaired) electrons. The summed E-state index contributed by atoms with van der Waals surface area (Å²) in [6, 6.07) is 10.7. The molecule has 120 valence electrons. The monoisotopic (exact) mass is 333 g/mol. The number of carbonyl (C=O) groups is 1. The number of carbonyl (C=O) groups excluding carboxylic acids is 1. The number of rotatable bonds is 4. The Morgan fingerprint density at radius 2 is 1.90 bits per heavy atom. The fourth-order valence-electron chi connectivity index (χ4n) is 2.53. The SMILES string of the molecule is CC(c1ccccc1)N1CCC(NC(=O)[C@@H](C)N)C1.Cl.Cl. The maximum atomic E-state index is 11.6. The summed E-state index contributed by atoms with van der Waals surface area (Å²) in [5.41, 5.74) is 6.89. The molecule has 0 saturated carbocycles. The van der Waals surface area contributed by atoms with Crippen molar-refractivity contribution in [2.75, 3.05) is 13.1 Å². The van der Waals surface area contributed by atoms with E-state index in [1.807, 2.05) is 6.07 Å². The van der Waals surface area contributed by atoms with Crippen LogP contribution in [0.3, 0.4) is 0 Å². The lowest BCUT2D eigenvalue weighted by Gasteiger charge is -2.25. The predicted molar refractivity (Wildman–Crippen MR) is 91.1 cm³/mol. The Morgan fingerprint density at radius 1 is 1.29 bits per heavy atom. The minimum atomic E-state index is -0.430. The maximum absolute atomic E-state index is 11.6. The Kier molecular flexibility index (Phi) is 8.90. The average molecular weight is 334 g/mol. The third-order valence-electron chi connectivity index (χ3n) is 3.81. The largest absolute Gasteiger partial charge is 0.351 e. The highest BCUT2D eigenvalue weighted by Crippen LogP contribution is 2.24. The zero-order valence-electron chi connectivity index (χ0n) is 12.5. The van der Waals surface area contributed by atoms with E-state index in [1.165, 1.54) is 5.56 Å². The smallest absolute Gasteiger partial charge is 0.236 e. The molecule has 21 heavy (non-hydrogen) atoms. The van der Waals surface area contributed by atoms with Crippen molar-refractivity contribution in [1.29, 1.82) is 0 Å². The van der Waals surface area contributed by atoms with Crippen molar-refractivity contribution in [2.45, 2.75) is 38.4 Å². The normalized spacial score (nSPS) is 20.8. The zero-order valence-corrected chi connectivity index (χ0v) is 14.1. The third-order valence-corrected chi connectivity index (χ3v) is 3.81. The molecule has 1 aromatic rings. The molecule has 1 fully saturated rings. The standard InChI is InChI=1S/C15H23N3O.2ClH/c1-11(16)15(19)17-14-8-9-18(10-14)12(2)13-6-4-3-5-7-13;;/h3-7,11-12,14H,8-10,16H2,1-2H3,(H,17,19);2*1H/t11-,12?,14?;;/m1../s1. The fourth-order valence-corrected chi connectivity index (χ4v) is 2.53. The number of hydrogen-bond donors (Lipinski definition) is 2. The van der Waals surface area contributed by atoms with Gasteiger partial charge >= 0.3 is 0 Å². The molecular weight excluding hydrogens is 309 g/mol. The first kappa shape index (κ1) is 20.2. The van der Waals surface area contributed by atoms with E-state index in [1.54, 1.807) is 6.92 Å². The Hall–Kier alpha value is -0.810. The quantitative estimate of drug-likeness (QED) is 0.887. The Labute approximate surface area is 139 Å². The second kappa shape index (κ2) is 9.26. The highest BCUT2D eigenvalue weighted by atomic mass is 35.5. The summed E-state index contributed by atoms with van der Waals surface area (Å²) in [7, 11) is 0. The number of likely N-dealkylation sites (tertiary alicyclic amines) is 1. The van der Waals surface area contributed by atoms with Crippen molar-refractivity contribution in [1.82, 2.24) is 10.2 Å². The highest BCUT2D eigenvalue weighted by molar-refractivity contribution is 5.85. The van der Waals surface area contributed by atoms with E-state index < -0.39 is 6.04 Å². The summed E-state index contributed by atoms with van der Waals surface area (Å²) in [6.45, 7) is 5.84. The van der Waals surface area contributed by atoms with E-state index in [0.717, 1.165) is 19.5 Å². The molecule has 1 heterocycles. The van der Waals surface area contributed by atoms with Crippen LogP contribution in [0.5, 0.6) is 0 Å². The van der Waals surface area contributed by atoms with Gasteiger partial charge in [-0.15, -0.1) is 24.8 Å². The number of nitrogens with zero attached hydrogens (tertiary/aromatic N) is 1. The average Bonchev–Trinajstić information content (AvgIpc) is 2.87. The van der Waals surface area contributed by atoms with Crippen LogP contribution in [0, 0.1) is 0 Å². The first-order valence-electron chi connectivity index (χ1n) is 6.93. The van der Waals surface area contributed by atoms with Crippen LogP contribution >= 0.6 is 24.8 Å². The van der Waals surface area contributed by atoms with Crippen LogP contribution in [0.4, 0.5) is 0 Å². The van der Waals surface area contributed by atoms with E-state index in [4.69, 9.17) is 5.73 Å².